The number of anilines is 1. The third-order valence-electron chi connectivity index (χ3n) is 3.60. The van der Waals surface area contributed by atoms with E-state index in [0.717, 1.165) is 17.9 Å². The Labute approximate surface area is 137 Å². The van der Waals surface area contributed by atoms with Gasteiger partial charge in [0.25, 0.3) is 0 Å². The van der Waals surface area contributed by atoms with Gasteiger partial charge in [-0.3, -0.25) is 0 Å². The van der Waals surface area contributed by atoms with Crippen LogP contribution in [0.5, 0.6) is 0 Å². The zero-order valence-electron chi connectivity index (χ0n) is 13.6. The molecule has 1 aliphatic rings. The van der Waals surface area contributed by atoms with Gasteiger partial charge in [-0.2, -0.15) is 10.5 Å². The van der Waals surface area contributed by atoms with Gasteiger partial charge >= 0.3 is 0 Å². The van der Waals surface area contributed by atoms with E-state index in [1.165, 1.54) is 5.56 Å². The predicted molar refractivity (Wildman–Crippen MR) is 90.3 cm³/mol. The molecule has 1 aromatic carbocycles. The molecule has 0 saturated heterocycles. The van der Waals surface area contributed by atoms with Crippen molar-refractivity contribution < 1.29 is 4.74 Å². The zero-order chi connectivity index (χ0) is 16.8. The lowest BCUT2D eigenvalue weighted by Gasteiger charge is -2.17. The molecule has 0 aliphatic carbocycles. The van der Waals surface area contributed by atoms with E-state index in [2.05, 4.69) is 29.2 Å². The molecule has 2 rings (SSSR count). The van der Waals surface area contributed by atoms with E-state index in [-0.39, 0.29) is 5.57 Å². The van der Waals surface area contributed by atoms with E-state index < -0.39 is 0 Å². The van der Waals surface area contributed by atoms with Gasteiger partial charge in [0, 0.05) is 26.2 Å². The molecule has 0 aromatic heterocycles. The third-order valence-corrected chi connectivity index (χ3v) is 3.60. The van der Waals surface area contributed by atoms with Crippen molar-refractivity contribution in [3.8, 4) is 12.1 Å². The summed E-state index contributed by atoms with van der Waals surface area (Å²) in [4.78, 5) is 2.06. The molecule has 23 heavy (non-hydrogen) atoms. The van der Waals surface area contributed by atoms with Crippen molar-refractivity contribution in [2.75, 3.05) is 19.0 Å². The van der Waals surface area contributed by atoms with Crippen LogP contribution < -0.4 is 4.90 Å². The fourth-order valence-electron chi connectivity index (χ4n) is 2.36. The number of rotatable bonds is 3. The molecule has 1 heterocycles. The van der Waals surface area contributed by atoms with Crippen LogP contribution in [0.4, 0.5) is 5.69 Å². The summed E-state index contributed by atoms with van der Waals surface area (Å²) in [6, 6.07) is 12.2. The van der Waals surface area contributed by atoms with Crippen molar-refractivity contribution in [3.05, 3.63) is 64.6 Å². The van der Waals surface area contributed by atoms with Gasteiger partial charge in [-0.05, 0) is 48.8 Å². The summed E-state index contributed by atoms with van der Waals surface area (Å²) in [6.45, 7) is 1.82. The topological polar surface area (TPSA) is 60.0 Å². The first kappa shape index (κ1) is 16.4. The Morgan fingerprint density at radius 1 is 1.22 bits per heavy atom. The van der Waals surface area contributed by atoms with E-state index in [0.29, 0.717) is 17.8 Å². The molecule has 0 radical (unpaired) electrons. The quantitative estimate of drug-likeness (QED) is 0.796. The fourth-order valence-corrected chi connectivity index (χ4v) is 2.36. The SMILES string of the molecule is CC1=CC(=C(C#N)C#N)CC(=CCc2ccc(N(C)C)cc2)O1. The van der Waals surface area contributed by atoms with Crippen LogP contribution in [0.3, 0.4) is 0 Å². The van der Waals surface area contributed by atoms with E-state index in [9.17, 15) is 0 Å². The summed E-state index contributed by atoms with van der Waals surface area (Å²) in [5, 5.41) is 18.0. The molecule has 1 aliphatic heterocycles. The molecule has 0 fully saturated rings. The number of nitrogens with zero attached hydrogens (tertiary/aromatic N) is 3. The lowest BCUT2D eigenvalue weighted by atomic mass is 10.0. The first-order valence-electron chi connectivity index (χ1n) is 7.38. The minimum absolute atomic E-state index is 0.147. The Bertz CT molecular complexity index is 737. The van der Waals surface area contributed by atoms with Crippen molar-refractivity contribution in [1.29, 1.82) is 10.5 Å². The first-order chi connectivity index (χ1) is 11.0. The number of allylic oxidation sites excluding steroid dienone is 5. The Kier molecular flexibility index (Phi) is 5.23. The van der Waals surface area contributed by atoms with Gasteiger partial charge < -0.3 is 9.64 Å². The molecule has 0 bridgehead atoms. The molecule has 0 spiro atoms. The monoisotopic (exact) mass is 305 g/mol. The minimum atomic E-state index is 0.147. The van der Waals surface area contributed by atoms with E-state index in [4.69, 9.17) is 15.3 Å². The minimum Gasteiger partial charge on any atom is -0.466 e. The van der Waals surface area contributed by atoms with Gasteiger partial charge in [0.05, 0.1) is 0 Å². The first-order valence-corrected chi connectivity index (χ1v) is 7.38. The standard InChI is InChI=1S/C19H19N3O/c1-14-10-16(17(12-20)13-21)11-19(23-14)9-6-15-4-7-18(8-5-15)22(2)3/h4-5,7-10H,6,11H2,1-3H3. The number of ether oxygens (including phenoxy) is 1. The molecule has 0 atom stereocenters. The highest BCUT2D eigenvalue weighted by Gasteiger charge is 2.14. The summed E-state index contributed by atoms with van der Waals surface area (Å²) in [5.74, 6) is 1.48. The van der Waals surface area contributed by atoms with Gasteiger partial charge in [0.15, 0.2) is 0 Å². The number of nitriles is 2. The number of hydrogen-bond donors (Lipinski definition) is 0. The molecule has 4 nitrogen and oxygen atoms in total. The lowest BCUT2D eigenvalue weighted by molar-refractivity contribution is 0.287. The Morgan fingerprint density at radius 3 is 2.43 bits per heavy atom. The van der Waals surface area contributed by atoms with Gasteiger partial charge in [0.2, 0.25) is 0 Å². The van der Waals surface area contributed by atoms with Crippen molar-refractivity contribution in [3.63, 3.8) is 0 Å². The normalized spacial score (nSPS) is 15.3. The smallest absolute Gasteiger partial charge is 0.133 e. The second-order valence-corrected chi connectivity index (χ2v) is 5.59. The predicted octanol–water partition coefficient (Wildman–Crippen LogP) is 3.85. The molecule has 0 amide bonds. The van der Waals surface area contributed by atoms with Gasteiger partial charge in [-0.1, -0.05) is 12.1 Å². The van der Waals surface area contributed by atoms with Crippen LogP contribution in [0.15, 0.2) is 59.1 Å². The second-order valence-electron chi connectivity index (χ2n) is 5.59. The van der Waals surface area contributed by atoms with Crippen LogP contribution in [0.2, 0.25) is 0 Å². The van der Waals surface area contributed by atoms with Crippen LogP contribution in [-0.2, 0) is 11.2 Å². The number of hydrogen-bond acceptors (Lipinski definition) is 4. The van der Waals surface area contributed by atoms with Crippen molar-refractivity contribution in [2.24, 2.45) is 0 Å². The molecule has 4 heteroatoms. The Hall–Kier alpha value is -2.98. The highest BCUT2D eigenvalue weighted by Crippen LogP contribution is 2.27. The van der Waals surface area contributed by atoms with Crippen LogP contribution in [-0.4, -0.2) is 14.1 Å². The molecular formula is C19H19N3O. The highest BCUT2D eigenvalue weighted by molar-refractivity contribution is 5.48. The lowest BCUT2D eigenvalue weighted by Crippen LogP contribution is -2.08. The Morgan fingerprint density at radius 2 is 1.87 bits per heavy atom. The van der Waals surface area contributed by atoms with Crippen molar-refractivity contribution in [1.82, 2.24) is 0 Å². The van der Waals surface area contributed by atoms with Gasteiger partial charge in [-0.25, -0.2) is 0 Å². The Balaban J connectivity index is 2.15. The summed E-state index contributed by atoms with van der Waals surface area (Å²) in [6.07, 6.45) is 4.99. The van der Waals surface area contributed by atoms with Crippen LogP contribution >= 0.6 is 0 Å². The molecule has 0 N–H and O–H groups in total. The summed E-state index contributed by atoms with van der Waals surface area (Å²) < 4.78 is 5.70. The maximum absolute atomic E-state index is 9.01. The second kappa shape index (κ2) is 7.33. The van der Waals surface area contributed by atoms with Crippen LogP contribution in [0, 0.1) is 22.7 Å². The molecule has 116 valence electrons. The van der Waals surface area contributed by atoms with Crippen LogP contribution in [0.1, 0.15) is 18.9 Å². The van der Waals surface area contributed by atoms with E-state index in [1.54, 1.807) is 6.08 Å². The largest absolute Gasteiger partial charge is 0.466 e. The van der Waals surface area contributed by atoms with Crippen molar-refractivity contribution >= 4 is 5.69 Å². The van der Waals surface area contributed by atoms with Gasteiger partial charge in [0.1, 0.15) is 29.2 Å². The van der Waals surface area contributed by atoms with E-state index >= 15 is 0 Å². The summed E-state index contributed by atoms with van der Waals surface area (Å²) in [5.41, 5.74) is 3.21. The molecule has 0 saturated carbocycles. The number of benzene rings is 1. The van der Waals surface area contributed by atoms with Crippen molar-refractivity contribution in [2.45, 2.75) is 19.8 Å². The maximum atomic E-state index is 9.01. The zero-order valence-corrected chi connectivity index (χ0v) is 13.6. The average molecular weight is 305 g/mol. The fraction of sp³-hybridized carbons (Fsp3) is 0.263. The van der Waals surface area contributed by atoms with Crippen LogP contribution in [0.25, 0.3) is 0 Å². The van der Waals surface area contributed by atoms with Gasteiger partial charge in [-0.15, -0.1) is 0 Å². The summed E-state index contributed by atoms with van der Waals surface area (Å²) in [7, 11) is 4.02. The highest BCUT2D eigenvalue weighted by atomic mass is 16.5. The molecule has 0 unspecified atom stereocenters. The maximum Gasteiger partial charge on any atom is 0.133 e. The van der Waals surface area contributed by atoms with E-state index in [1.807, 2.05) is 39.2 Å². The average Bonchev–Trinajstić information content (AvgIpc) is 2.54. The summed E-state index contributed by atoms with van der Waals surface area (Å²) >= 11 is 0. The molecular weight excluding hydrogens is 286 g/mol. The third kappa shape index (κ3) is 4.25. The molecule has 1 aromatic rings.